The van der Waals surface area contributed by atoms with Crippen molar-refractivity contribution in [3.8, 4) is 0 Å². The van der Waals surface area contributed by atoms with Gasteiger partial charge in [-0.25, -0.2) is 0 Å². The van der Waals surface area contributed by atoms with Crippen LogP contribution in [0.1, 0.15) is 0 Å². The zero-order chi connectivity index (χ0) is 9.19. The molecule has 0 spiro atoms. The molecule has 0 N–H and O–H groups in total. The SMILES string of the molecule is COC1=CC(Br)C(Br)(OC)C=C1. The zero-order valence-electron chi connectivity index (χ0n) is 6.88. The van der Waals surface area contributed by atoms with E-state index in [2.05, 4.69) is 31.9 Å². The monoisotopic (exact) mass is 296 g/mol. The minimum Gasteiger partial charge on any atom is -0.497 e. The molecule has 0 saturated carbocycles. The van der Waals surface area contributed by atoms with E-state index in [0.717, 1.165) is 5.76 Å². The van der Waals surface area contributed by atoms with Gasteiger partial charge in [0.1, 0.15) is 5.76 Å². The first-order valence-corrected chi connectivity index (χ1v) is 5.16. The van der Waals surface area contributed by atoms with Crippen LogP contribution in [0.5, 0.6) is 0 Å². The van der Waals surface area contributed by atoms with Crippen LogP contribution in [0.2, 0.25) is 0 Å². The summed E-state index contributed by atoms with van der Waals surface area (Å²) in [6, 6.07) is 0. The molecule has 2 unspecified atom stereocenters. The Balaban J connectivity index is 2.81. The topological polar surface area (TPSA) is 18.5 Å². The van der Waals surface area contributed by atoms with Gasteiger partial charge in [-0.05, 0) is 34.2 Å². The van der Waals surface area contributed by atoms with Crippen molar-refractivity contribution in [3.05, 3.63) is 24.0 Å². The maximum Gasteiger partial charge on any atom is 0.157 e. The first-order valence-electron chi connectivity index (χ1n) is 3.45. The third-order valence-corrected chi connectivity index (χ3v) is 4.35. The van der Waals surface area contributed by atoms with Gasteiger partial charge in [-0.2, -0.15) is 0 Å². The molecule has 0 radical (unpaired) electrons. The number of hydrogen-bond donors (Lipinski definition) is 0. The van der Waals surface area contributed by atoms with Gasteiger partial charge >= 0.3 is 0 Å². The second-order valence-electron chi connectivity index (χ2n) is 2.41. The van der Waals surface area contributed by atoms with Crippen molar-refractivity contribution in [1.29, 1.82) is 0 Å². The van der Waals surface area contributed by atoms with Crippen LogP contribution in [-0.2, 0) is 9.47 Å². The summed E-state index contributed by atoms with van der Waals surface area (Å²) in [7, 11) is 3.29. The lowest BCUT2D eigenvalue weighted by Gasteiger charge is -2.28. The van der Waals surface area contributed by atoms with E-state index in [1.165, 1.54) is 0 Å². The van der Waals surface area contributed by atoms with E-state index in [-0.39, 0.29) is 4.83 Å². The van der Waals surface area contributed by atoms with E-state index >= 15 is 0 Å². The standard InChI is InChI=1S/C8H10Br2O2/c1-11-6-3-4-8(10,12-2)7(9)5-6/h3-5,7H,1-2H3. The van der Waals surface area contributed by atoms with Gasteiger partial charge in [0.05, 0.1) is 11.9 Å². The lowest BCUT2D eigenvalue weighted by Crippen LogP contribution is -2.32. The lowest BCUT2D eigenvalue weighted by molar-refractivity contribution is 0.122. The average molecular weight is 298 g/mol. The van der Waals surface area contributed by atoms with Crippen LogP contribution >= 0.6 is 31.9 Å². The van der Waals surface area contributed by atoms with Gasteiger partial charge in [0.25, 0.3) is 0 Å². The fourth-order valence-corrected chi connectivity index (χ4v) is 1.78. The van der Waals surface area contributed by atoms with Gasteiger partial charge in [0.2, 0.25) is 0 Å². The summed E-state index contributed by atoms with van der Waals surface area (Å²) in [4.78, 5) is 0.0787. The first-order chi connectivity index (χ1) is 5.62. The smallest absolute Gasteiger partial charge is 0.157 e. The minimum absolute atomic E-state index is 0.0787. The Kier molecular flexibility index (Phi) is 3.37. The summed E-state index contributed by atoms with van der Waals surface area (Å²) in [5.74, 6) is 0.837. The van der Waals surface area contributed by atoms with Crippen LogP contribution in [0, 0.1) is 0 Å². The molecule has 1 aliphatic carbocycles. The molecule has 0 bridgehead atoms. The number of allylic oxidation sites excluding steroid dienone is 1. The fraction of sp³-hybridized carbons (Fsp3) is 0.500. The number of ether oxygens (including phenoxy) is 2. The number of hydrogen-bond acceptors (Lipinski definition) is 2. The van der Waals surface area contributed by atoms with Crippen molar-refractivity contribution in [1.82, 2.24) is 0 Å². The molecule has 12 heavy (non-hydrogen) atoms. The molecular weight excluding hydrogens is 288 g/mol. The summed E-state index contributed by atoms with van der Waals surface area (Å²) >= 11 is 6.93. The van der Waals surface area contributed by atoms with Crippen LogP contribution < -0.4 is 0 Å². The summed E-state index contributed by atoms with van der Waals surface area (Å²) in [6.45, 7) is 0. The van der Waals surface area contributed by atoms with Gasteiger partial charge in [-0.1, -0.05) is 15.9 Å². The molecular formula is C8H10Br2O2. The van der Waals surface area contributed by atoms with E-state index in [1.807, 2.05) is 18.2 Å². The molecule has 1 aliphatic rings. The van der Waals surface area contributed by atoms with Gasteiger partial charge in [0, 0.05) is 7.11 Å². The van der Waals surface area contributed by atoms with Crippen molar-refractivity contribution in [3.63, 3.8) is 0 Å². The Bertz CT molecular complexity index is 225. The second-order valence-corrected chi connectivity index (χ2v) is 4.64. The highest BCUT2D eigenvalue weighted by Gasteiger charge is 2.33. The van der Waals surface area contributed by atoms with Crippen LogP contribution in [0.4, 0.5) is 0 Å². The van der Waals surface area contributed by atoms with E-state index in [9.17, 15) is 0 Å². The van der Waals surface area contributed by atoms with E-state index in [0.29, 0.717) is 0 Å². The molecule has 0 aromatic carbocycles. The third kappa shape index (κ3) is 1.92. The van der Waals surface area contributed by atoms with Crippen molar-refractivity contribution < 1.29 is 9.47 Å². The Hall–Kier alpha value is 0.200. The molecule has 0 aromatic rings. The second kappa shape index (κ2) is 3.94. The Labute approximate surface area is 88.9 Å². The maximum absolute atomic E-state index is 5.27. The van der Waals surface area contributed by atoms with Crippen LogP contribution in [0.25, 0.3) is 0 Å². The molecule has 0 fully saturated rings. The Morgan fingerprint density at radius 1 is 1.50 bits per heavy atom. The summed E-state index contributed by atoms with van der Waals surface area (Å²) in [6.07, 6.45) is 5.72. The number of alkyl halides is 2. The van der Waals surface area contributed by atoms with Crippen LogP contribution in [0.15, 0.2) is 24.0 Å². The summed E-state index contributed by atoms with van der Waals surface area (Å²) in [5, 5.41) is 0. The van der Waals surface area contributed by atoms with Crippen molar-refractivity contribution >= 4 is 31.9 Å². The molecule has 4 heteroatoms. The molecule has 0 aliphatic heterocycles. The van der Waals surface area contributed by atoms with Gasteiger partial charge in [0.15, 0.2) is 4.51 Å². The minimum atomic E-state index is -0.449. The van der Waals surface area contributed by atoms with Crippen molar-refractivity contribution in [2.24, 2.45) is 0 Å². The summed E-state index contributed by atoms with van der Waals surface area (Å²) in [5.41, 5.74) is 0. The number of rotatable bonds is 2. The highest BCUT2D eigenvalue weighted by molar-refractivity contribution is 9.12. The molecule has 1 rings (SSSR count). The highest BCUT2D eigenvalue weighted by atomic mass is 79.9. The predicted molar refractivity (Wildman–Crippen MR) is 55.6 cm³/mol. The van der Waals surface area contributed by atoms with E-state index < -0.39 is 4.51 Å². The zero-order valence-corrected chi connectivity index (χ0v) is 10.1. The maximum atomic E-state index is 5.27. The van der Waals surface area contributed by atoms with Gasteiger partial charge in [-0.3, -0.25) is 0 Å². The molecule has 0 amide bonds. The normalized spacial score (nSPS) is 34.7. The quantitative estimate of drug-likeness (QED) is 0.730. The van der Waals surface area contributed by atoms with Crippen LogP contribution in [0.3, 0.4) is 0 Å². The Morgan fingerprint density at radius 3 is 2.58 bits per heavy atom. The van der Waals surface area contributed by atoms with Crippen molar-refractivity contribution in [2.75, 3.05) is 14.2 Å². The van der Waals surface area contributed by atoms with Crippen LogP contribution in [-0.4, -0.2) is 23.6 Å². The fourth-order valence-electron chi connectivity index (χ4n) is 0.918. The Morgan fingerprint density at radius 2 is 2.17 bits per heavy atom. The largest absolute Gasteiger partial charge is 0.497 e. The first kappa shape index (κ1) is 10.3. The number of methoxy groups -OCH3 is 2. The van der Waals surface area contributed by atoms with E-state index in [4.69, 9.17) is 9.47 Å². The van der Waals surface area contributed by atoms with Gasteiger partial charge in [-0.15, -0.1) is 0 Å². The summed E-state index contributed by atoms with van der Waals surface area (Å²) < 4.78 is 9.88. The van der Waals surface area contributed by atoms with Crippen molar-refractivity contribution in [2.45, 2.75) is 9.34 Å². The highest BCUT2D eigenvalue weighted by Crippen LogP contribution is 2.35. The average Bonchev–Trinajstić information content (AvgIpc) is 2.10. The molecule has 0 heterocycles. The molecule has 0 aromatic heterocycles. The lowest BCUT2D eigenvalue weighted by atomic mass is 10.1. The predicted octanol–water partition coefficient (Wildman–Crippen LogP) is 2.59. The molecule has 68 valence electrons. The molecule has 2 nitrogen and oxygen atoms in total. The number of halogens is 2. The molecule has 2 atom stereocenters. The van der Waals surface area contributed by atoms with E-state index in [1.54, 1.807) is 14.2 Å². The van der Waals surface area contributed by atoms with Gasteiger partial charge < -0.3 is 9.47 Å². The third-order valence-electron chi connectivity index (χ3n) is 1.71. The molecule has 0 saturated heterocycles.